The highest BCUT2D eigenvalue weighted by atomic mass is 15.1. The van der Waals surface area contributed by atoms with Gasteiger partial charge in [-0.25, -0.2) is 4.98 Å². The van der Waals surface area contributed by atoms with E-state index in [0.717, 1.165) is 28.3 Å². The molecular formula is C31H21N3. The molecule has 0 unspecified atom stereocenters. The third-order valence-electron chi connectivity index (χ3n) is 6.55. The fraction of sp³-hybridized carbons (Fsp3) is 0. The van der Waals surface area contributed by atoms with Crippen LogP contribution in [0, 0.1) is 0 Å². The van der Waals surface area contributed by atoms with E-state index >= 15 is 0 Å². The maximum Gasteiger partial charge on any atom is 0.137 e. The molecule has 0 spiro atoms. The van der Waals surface area contributed by atoms with Crippen molar-refractivity contribution >= 4 is 32.7 Å². The summed E-state index contributed by atoms with van der Waals surface area (Å²) in [5.74, 6) is 0.911. The van der Waals surface area contributed by atoms with E-state index in [1.165, 1.54) is 27.2 Å². The fourth-order valence-electron chi connectivity index (χ4n) is 5.04. The van der Waals surface area contributed by atoms with Crippen LogP contribution in [0.5, 0.6) is 0 Å². The van der Waals surface area contributed by atoms with E-state index in [1.807, 2.05) is 6.07 Å². The van der Waals surface area contributed by atoms with Crippen LogP contribution in [-0.4, -0.2) is 14.1 Å². The van der Waals surface area contributed by atoms with Crippen LogP contribution in [0.15, 0.2) is 128 Å². The second kappa shape index (κ2) is 7.46. The summed E-state index contributed by atoms with van der Waals surface area (Å²) < 4.78 is 4.60. The molecule has 0 radical (unpaired) electrons. The van der Waals surface area contributed by atoms with E-state index < -0.39 is 0 Å². The Labute approximate surface area is 197 Å². The first-order valence-corrected chi connectivity index (χ1v) is 11.5. The molecule has 160 valence electrons. The second-order valence-electron chi connectivity index (χ2n) is 8.52. The minimum Gasteiger partial charge on any atom is -0.307 e. The van der Waals surface area contributed by atoms with Gasteiger partial charge in [0.05, 0.1) is 22.2 Å². The summed E-state index contributed by atoms with van der Waals surface area (Å²) >= 11 is 0. The molecule has 0 fully saturated rings. The molecule has 0 N–H and O–H groups in total. The molecule has 7 aromatic rings. The number of para-hydroxylation sites is 2. The quantitative estimate of drug-likeness (QED) is 0.278. The maximum atomic E-state index is 5.05. The lowest BCUT2D eigenvalue weighted by atomic mass is 10.1. The van der Waals surface area contributed by atoms with Gasteiger partial charge in [0, 0.05) is 33.6 Å². The number of rotatable bonds is 3. The maximum absolute atomic E-state index is 5.05. The molecule has 3 aromatic heterocycles. The van der Waals surface area contributed by atoms with Crippen molar-refractivity contribution in [2.24, 2.45) is 0 Å². The van der Waals surface area contributed by atoms with E-state index in [2.05, 4.69) is 131 Å². The SMILES string of the molecule is c1ccc(-c2cccc(-n3ccc4ccc5c6ccccc6n(-c6ccccc6)c5c43)n2)cc1. The number of pyridine rings is 1. The lowest BCUT2D eigenvalue weighted by Crippen LogP contribution is -2.00. The Balaban J connectivity index is 1.58. The highest BCUT2D eigenvalue weighted by molar-refractivity contribution is 6.18. The smallest absolute Gasteiger partial charge is 0.137 e. The van der Waals surface area contributed by atoms with Gasteiger partial charge in [-0.3, -0.25) is 4.57 Å². The minimum atomic E-state index is 0.911. The lowest BCUT2D eigenvalue weighted by Gasteiger charge is -2.12. The summed E-state index contributed by atoms with van der Waals surface area (Å²) in [6, 6.07) is 42.5. The van der Waals surface area contributed by atoms with Gasteiger partial charge in [0.25, 0.3) is 0 Å². The lowest BCUT2D eigenvalue weighted by molar-refractivity contribution is 1.04. The van der Waals surface area contributed by atoms with Gasteiger partial charge in [-0.05, 0) is 36.4 Å². The normalized spacial score (nSPS) is 11.5. The topological polar surface area (TPSA) is 22.8 Å². The summed E-state index contributed by atoms with van der Waals surface area (Å²) in [7, 11) is 0. The van der Waals surface area contributed by atoms with E-state index in [0.29, 0.717) is 0 Å². The van der Waals surface area contributed by atoms with Crippen LogP contribution in [0.2, 0.25) is 0 Å². The van der Waals surface area contributed by atoms with E-state index in [4.69, 9.17) is 4.98 Å². The summed E-state index contributed by atoms with van der Waals surface area (Å²) in [5, 5.41) is 3.69. The highest BCUT2D eigenvalue weighted by Gasteiger charge is 2.18. The molecule has 0 saturated carbocycles. The van der Waals surface area contributed by atoms with Crippen molar-refractivity contribution in [3.8, 4) is 22.8 Å². The third-order valence-corrected chi connectivity index (χ3v) is 6.55. The molecule has 0 saturated heterocycles. The van der Waals surface area contributed by atoms with Gasteiger partial charge in [0.2, 0.25) is 0 Å². The van der Waals surface area contributed by atoms with Gasteiger partial charge in [-0.1, -0.05) is 84.9 Å². The monoisotopic (exact) mass is 435 g/mol. The predicted octanol–water partition coefficient (Wildman–Crippen LogP) is 7.79. The Kier molecular flexibility index (Phi) is 4.15. The second-order valence-corrected chi connectivity index (χ2v) is 8.52. The molecule has 34 heavy (non-hydrogen) atoms. The van der Waals surface area contributed by atoms with Gasteiger partial charge >= 0.3 is 0 Å². The molecule has 3 heteroatoms. The van der Waals surface area contributed by atoms with Gasteiger partial charge in [0.1, 0.15) is 5.82 Å². The van der Waals surface area contributed by atoms with Crippen molar-refractivity contribution in [3.05, 3.63) is 128 Å². The third kappa shape index (κ3) is 2.81. The molecule has 7 rings (SSSR count). The zero-order valence-electron chi connectivity index (χ0n) is 18.5. The number of hydrogen-bond acceptors (Lipinski definition) is 1. The molecule has 3 heterocycles. The van der Waals surface area contributed by atoms with Crippen molar-refractivity contribution in [1.82, 2.24) is 14.1 Å². The van der Waals surface area contributed by atoms with Crippen LogP contribution >= 0.6 is 0 Å². The summed E-state index contributed by atoms with van der Waals surface area (Å²) in [6.07, 6.45) is 2.13. The number of fused-ring (bicyclic) bond motifs is 5. The van der Waals surface area contributed by atoms with E-state index in [-0.39, 0.29) is 0 Å². The summed E-state index contributed by atoms with van der Waals surface area (Å²) in [6.45, 7) is 0. The number of nitrogens with zero attached hydrogens (tertiary/aromatic N) is 3. The molecule has 0 atom stereocenters. The Bertz CT molecular complexity index is 1790. The minimum absolute atomic E-state index is 0.911. The summed E-state index contributed by atoms with van der Waals surface area (Å²) in [5.41, 5.74) is 6.80. The first-order chi connectivity index (χ1) is 16.9. The van der Waals surface area contributed by atoms with Gasteiger partial charge in [-0.15, -0.1) is 0 Å². The van der Waals surface area contributed by atoms with Crippen molar-refractivity contribution in [2.75, 3.05) is 0 Å². The molecule has 0 aliphatic heterocycles. The van der Waals surface area contributed by atoms with Crippen LogP contribution in [0.1, 0.15) is 0 Å². The van der Waals surface area contributed by atoms with Crippen LogP contribution in [-0.2, 0) is 0 Å². The Morgan fingerprint density at radius 2 is 1.29 bits per heavy atom. The largest absolute Gasteiger partial charge is 0.307 e. The van der Waals surface area contributed by atoms with Gasteiger partial charge < -0.3 is 4.57 Å². The van der Waals surface area contributed by atoms with Gasteiger partial charge in [-0.2, -0.15) is 0 Å². The van der Waals surface area contributed by atoms with Crippen molar-refractivity contribution in [3.63, 3.8) is 0 Å². The van der Waals surface area contributed by atoms with Gasteiger partial charge in [0.15, 0.2) is 0 Å². The first-order valence-electron chi connectivity index (χ1n) is 11.5. The molecule has 0 amide bonds. The average molecular weight is 436 g/mol. The Morgan fingerprint density at radius 3 is 2.15 bits per heavy atom. The zero-order valence-corrected chi connectivity index (χ0v) is 18.5. The average Bonchev–Trinajstić information content (AvgIpc) is 3.49. The Morgan fingerprint density at radius 1 is 0.529 bits per heavy atom. The highest BCUT2D eigenvalue weighted by Crippen LogP contribution is 2.37. The standard InChI is InChI=1S/C31H21N3/c1-3-10-22(11-4-1)27-15-9-17-29(32-27)33-21-20-23-18-19-26-25-14-7-8-16-28(25)34(31(26)30(23)33)24-12-5-2-6-13-24/h1-21H. The molecule has 0 aliphatic rings. The number of aromatic nitrogens is 3. The Hall–Kier alpha value is -4.63. The predicted molar refractivity (Wildman–Crippen MR) is 141 cm³/mol. The van der Waals surface area contributed by atoms with E-state index in [1.54, 1.807) is 0 Å². The fourth-order valence-corrected chi connectivity index (χ4v) is 5.04. The first kappa shape index (κ1) is 18.9. The molecule has 4 aromatic carbocycles. The van der Waals surface area contributed by atoms with Crippen molar-refractivity contribution in [1.29, 1.82) is 0 Å². The van der Waals surface area contributed by atoms with E-state index in [9.17, 15) is 0 Å². The molecule has 0 bridgehead atoms. The molecular weight excluding hydrogens is 414 g/mol. The number of benzene rings is 4. The molecule has 0 aliphatic carbocycles. The summed E-state index contributed by atoms with van der Waals surface area (Å²) in [4.78, 5) is 5.05. The molecule has 3 nitrogen and oxygen atoms in total. The van der Waals surface area contributed by atoms with Crippen LogP contribution in [0.4, 0.5) is 0 Å². The van der Waals surface area contributed by atoms with Crippen molar-refractivity contribution < 1.29 is 0 Å². The number of hydrogen-bond donors (Lipinski definition) is 0. The van der Waals surface area contributed by atoms with Crippen LogP contribution in [0.3, 0.4) is 0 Å². The zero-order chi connectivity index (χ0) is 22.5. The van der Waals surface area contributed by atoms with Crippen LogP contribution < -0.4 is 0 Å². The van der Waals surface area contributed by atoms with Crippen molar-refractivity contribution in [2.45, 2.75) is 0 Å². The van der Waals surface area contributed by atoms with Crippen LogP contribution in [0.25, 0.3) is 55.5 Å².